The van der Waals surface area contributed by atoms with Crippen molar-refractivity contribution in [3.63, 3.8) is 0 Å². The fourth-order valence-corrected chi connectivity index (χ4v) is 2.70. The predicted octanol–water partition coefficient (Wildman–Crippen LogP) is 4.10. The van der Waals surface area contributed by atoms with Gasteiger partial charge in [-0.3, -0.25) is 0 Å². The standard InChI is InChI=1S/C13H17ClN4S/c1-4-15-13-16-7-10(14)12(18-13)17-9(3)11-6-5-8(2)19-11/h5-7,9H,4H2,1-3H3,(H2,15,16,17,18). The van der Waals surface area contributed by atoms with Crippen molar-refractivity contribution in [2.24, 2.45) is 0 Å². The van der Waals surface area contributed by atoms with Gasteiger partial charge in [-0.2, -0.15) is 4.98 Å². The number of halogens is 1. The molecule has 0 aliphatic rings. The first-order valence-corrected chi connectivity index (χ1v) is 7.39. The zero-order valence-electron chi connectivity index (χ0n) is 11.2. The molecule has 19 heavy (non-hydrogen) atoms. The molecular formula is C13H17ClN4S. The van der Waals surface area contributed by atoms with E-state index in [-0.39, 0.29) is 6.04 Å². The molecule has 1 atom stereocenters. The summed E-state index contributed by atoms with van der Waals surface area (Å²) in [6.07, 6.45) is 1.61. The van der Waals surface area contributed by atoms with E-state index in [0.717, 1.165) is 6.54 Å². The Morgan fingerprint density at radius 1 is 1.42 bits per heavy atom. The first-order valence-electron chi connectivity index (χ1n) is 6.19. The van der Waals surface area contributed by atoms with E-state index in [1.165, 1.54) is 9.75 Å². The van der Waals surface area contributed by atoms with E-state index in [4.69, 9.17) is 11.6 Å². The summed E-state index contributed by atoms with van der Waals surface area (Å²) in [7, 11) is 0. The maximum atomic E-state index is 6.12. The minimum absolute atomic E-state index is 0.167. The van der Waals surface area contributed by atoms with Crippen LogP contribution >= 0.6 is 22.9 Å². The van der Waals surface area contributed by atoms with E-state index < -0.39 is 0 Å². The van der Waals surface area contributed by atoms with E-state index in [1.54, 1.807) is 17.5 Å². The molecule has 0 fully saturated rings. The molecule has 4 nitrogen and oxygen atoms in total. The van der Waals surface area contributed by atoms with Crippen molar-refractivity contribution in [1.29, 1.82) is 0 Å². The molecule has 0 saturated heterocycles. The number of rotatable bonds is 5. The third kappa shape index (κ3) is 3.58. The molecule has 0 aliphatic carbocycles. The van der Waals surface area contributed by atoms with Crippen molar-refractivity contribution in [3.05, 3.63) is 33.1 Å². The van der Waals surface area contributed by atoms with Crippen LogP contribution in [0.4, 0.5) is 11.8 Å². The Morgan fingerprint density at radius 2 is 2.21 bits per heavy atom. The molecule has 6 heteroatoms. The highest BCUT2D eigenvalue weighted by molar-refractivity contribution is 7.12. The first-order chi connectivity index (χ1) is 9.10. The van der Waals surface area contributed by atoms with Gasteiger partial charge in [-0.05, 0) is 32.9 Å². The van der Waals surface area contributed by atoms with Crippen LogP contribution in [0.2, 0.25) is 5.02 Å². The number of aryl methyl sites for hydroxylation is 1. The molecule has 0 spiro atoms. The molecule has 0 amide bonds. The molecule has 0 aromatic carbocycles. The molecule has 0 aliphatic heterocycles. The van der Waals surface area contributed by atoms with Gasteiger partial charge in [-0.1, -0.05) is 11.6 Å². The first kappa shape index (κ1) is 14.1. The lowest BCUT2D eigenvalue weighted by Gasteiger charge is -2.14. The fourth-order valence-electron chi connectivity index (χ4n) is 1.67. The summed E-state index contributed by atoms with van der Waals surface area (Å²) in [5, 5.41) is 6.93. The highest BCUT2D eigenvalue weighted by Crippen LogP contribution is 2.28. The molecule has 2 heterocycles. The van der Waals surface area contributed by atoms with Gasteiger partial charge in [0, 0.05) is 16.3 Å². The molecule has 102 valence electrons. The average Bonchev–Trinajstić information content (AvgIpc) is 2.80. The second kappa shape index (κ2) is 6.21. The van der Waals surface area contributed by atoms with Crippen LogP contribution in [0, 0.1) is 6.92 Å². The molecule has 2 aromatic heterocycles. The van der Waals surface area contributed by atoms with Gasteiger partial charge in [-0.25, -0.2) is 4.98 Å². The van der Waals surface area contributed by atoms with Gasteiger partial charge < -0.3 is 10.6 Å². The molecule has 2 rings (SSSR count). The smallest absolute Gasteiger partial charge is 0.224 e. The molecule has 2 N–H and O–H groups in total. The fraction of sp³-hybridized carbons (Fsp3) is 0.385. The van der Waals surface area contributed by atoms with Crippen LogP contribution in [0.15, 0.2) is 18.3 Å². The molecule has 2 aromatic rings. The van der Waals surface area contributed by atoms with Crippen LogP contribution in [-0.4, -0.2) is 16.5 Å². The Bertz CT molecular complexity index is 555. The summed E-state index contributed by atoms with van der Waals surface area (Å²) in [5.74, 6) is 1.25. The lowest BCUT2D eigenvalue weighted by Crippen LogP contribution is -2.09. The minimum Gasteiger partial charge on any atom is -0.361 e. The van der Waals surface area contributed by atoms with Crippen LogP contribution in [-0.2, 0) is 0 Å². The van der Waals surface area contributed by atoms with E-state index >= 15 is 0 Å². The lowest BCUT2D eigenvalue weighted by molar-refractivity contribution is 0.893. The van der Waals surface area contributed by atoms with Crippen LogP contribution in [0.1, 0.15) is 29.6 Å². The van der Waals surface area contributed by atoms with Gasteiger partial charge in [0.2, 0.25) is 5.95 Å². The maximum absolute atomic E-state index is 6.12. The Morgan fingerprint density at radius 3 is 2.84 bits per heavy atom. The van der Waals surface area contributed by atoms with Gasteiger partial charge in [0.25, 0.3) is 0 Å². The quantitative estimate of drug-likeness (QED) is 0.872. The van der Waals surface area contributed by atoms with Crippen LogP contribution in [0.3, 0.4) is 0 Å². The predicted molar refractivity (Wildman–Crippen MR) is 82.3 cm³/mol. The topological polar surface area (TPSA) is 49.8 Å². The third-order valence-corrected chi connectivity index (χ3v) is 4.08. The van der Waals surface area contributed by atoms with Crippen LogP contribution < -0.4 is 10.6 Å². The summed E-state index contributed by atoms with van der Waals surface area (Å²) < 4.78 is 0. The zero-order valence-corrected chi connectivity index (χ0v) is 12.8. The van der Waals surface area contributed by atoms with Gasteiger partial charge >= 0.3 is 0 Å². The summed E-state index contributed by atoms with van der Waals surface area (Å²) in [5.41, 5.74) is 0. The number of aromatic nitrogens is 2. The number of hydrogen-bond acceptors (Lipinski definition) is 5. The molecular weight excluding hydrogens is 280 g/mol. The van der Waals surface area contributed by atoms with E-state index in [1.807, 2.05) is 6.92 Å². The summed E-state index contributed by atoms with van der Waals surface area (Å²) in [6.45, 7) is 6.97. The van der Waals surface area contributed by atoms with Gasteiger partial charge in [0.15, 0.2) is 5.82 Å². The van der Waals surface area contributed by atoms with Crippen LogP contribution in [0.5, 0.6) is 0 Å². The average molecular weight is 297 g/mol. The normalized spacial score (nSPS) is 12.2. The number of nitrogens with one attached hydrogen (secondary N) is 2. The van der Waals surface area contributed by atoms with Crippen molar-refractivity contribution in [1.82, 2.24) is 9.97 Å². The zero-order chi connectivity index (χ0) is 13.8. The highest BCUT2D eigenvalue weighted by atomic mass is 35.5. The van der Waals surface area contributed by atoms with Crippen molar-refractivity contribution < 1.29 is 0 Å². The Kier molecular flexibility index (Phi) is 4.61. The maximum Gasteiger partial charge on any atom is 0.224 e. The van der Waals surface area contributed by atoms with E-state index in [0.29, 0.717) is 16.8 Å². The number of hydrogen-bond donors (Lipinski definition) is 2. The Balaban J connectivity index is 2.15. The van der Waals surface area contributed by atoms with Crippen molar-refractivity contribution in [3.8, 4) is 0 Å². The second-order valence-electron chi connectivity index (χ2n) is 4.23. The summed E-state index contributed by atoms with van der Waals surface area (Å²) in [6, 6.07) is 4.41. The van der Waals surface area contributed by atoms with Gasteiger partial charge in [0.05, 0.1) is 12.2 Å². The third-order valence-electron chi connectivity index (χ3n) is 2.62. The Hall–Kier alpha value is -1.33. The molecule has 1 unspecified atom stereocenters. The van der Waals surface area contributed by atoms with Crippen molar-refractivity contribution in [2.45, 2.75) is 26.8 Å². The van der Waals surface area contributed by atoms with E-state index in [2.05, 4.69) is 46.6 Å². The lowest BCUT2D eigenvalue weighted by atomic mass is 10.2. The van der Waals surface area contributed by atoms with Crippen molar-refractivity contribution >= 4 is 34.7 Å². The number of thiophene rings is 1. The molecule has 0 radical (unpaired) electrons. The highest BCUT2D eigenvalue weighted by Gasteiger charge is 2.11. The number of nitrogens with zero attached hydrogens (tertiary/aromatic N) is 2. The second-order valence-corrected chi connectivity index (χ2v) is 5.96. The molecule has 0 bridgehead atoms. The minimum atomic E-state index is 0.167. The van der Waals surface area contributed by atoms with Gasteiger partial charge in [-0.15, -0.1) is 11.3 Å². The van der Waals surface area contributed by atoms with Gasteiger partial charge in [0.1, 0.15) is 5.02 Å². The van der Waals surface area contributed by atoms with Crippen molar-refractivity contribution in [2.75, 3.05) is 17.2 Å². The van der Waals surface area contributed by atoms with Crippen LogP contribution in [0.25, 0.3) is 0 Å². The number of anilines is 2. The summed E-state index contributed by atoms with van der Waals surface area (Å²) >= 11 is 7.89. The summed E-state index contributed by atoms with van der Waals surface area (Å²) in [4.78, 5) is 11.1. The van der Waals surface area contributed by atoms with E-state index in [9.17, 15) is 0 Å². The Labute approximate surface area is 122 Å². The largest absolute Gasteiger partial charge is 0.361 e. The monoisotopic (exact) mass is 296 g/mol. The molecule has 0 saturated carbocycles. The SMILES string of the molecule is CCNc1ncc(Cl)c(NC(C)c2ccc(C)s2)n1.